The number of hydrogen-bond donors (Lipinski definition) is 2. The summed E-state index contributed by atoms with van der Waals surface area (Å²) in [6.07, 6.45) is -0.0944. The Morgan fingerprint density at radius 1 is 1.50 bits per heavy atom. The summed E-state index contributed by atoms with van der Waals surface area (Å²) in [5, 5.41) is 0. The first-order chi connectivity index (χ1) is 5.34. The Bertz CT molecular complexity index is 152. The summed E-state index contributed by atoms with van der Waals surface area (Å²) in [5.41, 5.74) is 10.6. The van der Waals surface area contributed by atoms with Crippen LogP contribution in [0.2, 0.25) is 0 Å². The molecule has 0 aliphatic rings. The van der Waals surface area contributed by atoms with Gasteiger partial charge in [0.1, 0.15) is 0 Å². The second kappa shape index (κ2) is 4.30. The van der Waals surface area contributed by atoms with Crippen LogP contribution in [0.25, 0.3) is 0 Å². The molecule has 0 aromatic heterocycles. The monoisotopic (exact) mass is 174 g/mol. The summed E-state index contributed by atoms with van der Waals surface area (Å²) in [4.78, 5) is 10.2. The zero-order valence-corrected chi connectivity index (χ0v) is 7.96. The highest BCUT2D eigenvalue weighted by Crippen LogP contribution is 2.19. The minimum atomic E-state index is -0.740. The van der Waals surface area contributed by atoms with Gasteiger partial charge in [-0.3, -0.25) is 0 Å². The van der Waals surface area contributed by atoms with Crippen molar-refractivity contribution in [1.82, 2.24) is 0 Å². The van der Waals surface area contributed by atoms with Crippen molar-refractivity contribution in [3.05, 3.63) is 0 Å². The fourth-order valence-electron chi connectivity index (χ4n) is 0.719. The van der Waals surface area contributed by atoms with E-state index in [2.05, 4.69) is 4.74 Å². The molecule has 12 heavy (non-hydrogen) atoms. The van der Waals surface area contributed by atoms with Crippen LogP contribution in [0.5, 0.6) is 0 Å². The zero-order valence-electron chi connectivity index (χ0n) is 7.96. The third-order valence-electron chi connectivity index (χ3n) is 1.79. The van der Waals surface area contributed by atoms with E-state index in [1.165, 1.54) is 0 Å². The van der Waals surface area contributed by atoms with Gasteiger partial charge in [-0.25, -0.2) is 4.79 Å². The first-order valence-electron chi connectivity index (χ1n) is 4.02. The maximum absolute atomic E-state index is 10.2. The molecule has 0 rings (SSSR count). The van der Waals surface area contributed by atoms with Crippen LogP contribution >= 0.6 is 0 Å². The quantitative estimate of drug-likeness (QED) is 0.665. The van der Waals surface area contributed by atoms with Gasteiger partial charge in [-0.2, -0.15) is 0 Å². The summed E-state index contributed by atoms with van der Waals surface area (Å²) in [7, 11) is 0. The summed E-state index contributed by atoms with van der Waals surface area (Å²) < 4.78 is 4.57. The molecule has 0 spiro atoms. The molecule has 0 radical (unpaired) electrons. The molecule has 4 nitrogen and oxygen atoms in total. The van der Waals surface area contributed by atoms with E-state index in [0.29, 0.717) is 13.0 Å². The molecule has 4 N–H and O–H groups in total. The fourth-order valence-corrected chi connectivity index (χ4v) is 0.719. The highest BCUT2D eigenvalue weighted by atomic mass is 16.5. The van der Waals surface area contributed by atoms with E-state index in [-0.39, 0.29) is 11.5 Å². The van der Waals surface area contributed by atoms with Crippen LogP contribution < -0.4 is 11.5 Å². The molecular weight excluding hydrogens is 156 g/mol. The average molecular weight is 174 g/mol. The van der Waals surface area contributed by atoms with Crippen molar-refractivity contribution in [2.75, 3.05) is 6.61 Å². The molecule has 1 atom stereocenters. The maximum atomic E-state index is 10.2. The first-order valence-corrected chi connectivity index (χ1v) is 4.02. The van der Waals surface area contributed by atoms with Crippen molar-refractivity contribution in [2.24, 2.45) is 16.9 Å². The van der Waals surface area contributed by atoms with E-state index >= 15 is 0 Å². The van der Waals surface area contributed by atoms with Crippen LogP contribution in [0, 0.1) is 5.41 Å². The van der Waals surface area contributed by atoms with Gasteiger partial charge >= 0.3 is 6.09 Å². The molecular formula is C8H18N2O2. The van der Waals surface area contributed by atoms with Gasteiger partial charge in [0.25, 0.3) is 0 Å². The highest BCUT2D eigenvalue weighted by Gasteiger charge is 2.20. The van der Waals surface area contributed by atoms with Crippen LogP contribution in [0.15, 0.2) is 0 Å². The standard InChI is InChI=1S/C8H18N2O2/c1-8(2,3)6(9)4-5-12-7(10)11/h6H,4-5,9H2,1-3H3,(H2,10,11). The van der Waals surface area contributed by atoms with Crippen LogP contribution in [-0.2, 0) is 4.74 Å². The Kier molecular flexibility index (Phi) is 4.03. The topological polar surface area (TPSA) is 78.3 Å². The highest BCUT2D eigenvalue weighted by molar-refractivity contribution is 5.64. The minimum Gasteiger partial charge on any atom is -0.450 e. The smallest absolute Gasteiger partial charge is 0.404 e. The Balaban J connectivity index is 3.58. The molecule has 0 saturated carbocycles. The molecule has 0 saturated heterocycles. The lowest BCUT2D eigenvalue weighted by Crippen LogP contribution is -2.36. The van der Waals surface area contributed by atoms with Gasteiger partial charge in [0, 0.05) is 6.04 Å². The van der Waals surface area contributed by atoms with E-state index < -0.39 is 6.09 Å². The number of carbonyl (C=O) groups excluding carboxylic acids is 1. The van der Waals surface area contributed by atoms with E-state index in [1.54, 1.807) is 0 Å². The van der Waals surface area contributed by atoms with E-state index in [1.807, 2.05) is 20.8 Å². The molecule has 0 aromatic carbocycles. The normalized spacial score (nSPS) is 14.0. The lowest BCUT2D eigenvalue weighted by atomic mass is 9.86. The van der Waals surface area contributed by atoms with Gasteiger partial charge in [0.2, 0.25) is 0 Å². The zero-order chi connectivity index (χ0) is 9.78. The predicted molar refractivity (Wildman–Crippen MR) is 47.6 cm³/mol. The second-order valence-electron chi connectivity index (χ2n) is 3.93. The van der Waals surface area contributed by atoms with E-state index in [9.17, 15) is 4.79 Å². The number of nitrogens with two attached hydrogens (primary N) is 2. The summed E-state index contributed by atoms with van der Waals surface area (Å²) in [6, 6.07) is 0.0249. The summed E-state index contributed by atoms with van der Waals surface area (Å²) >= 11 is 0. The van der Waals surface area contributed by atoms with Crippen LogP contribution in [0.4, 0.5) is 4.79 Å². The predicted octanol–water partition coefficient (Wildman–Crippen LogP) is 0.845. The summed E-state index contributed by atoms with van der Waals surface area (Å²) in [6.45, 7) is 6.43. The van der Waals surface area contributed by atoms with Gasteiger partial charge in [-0.05, 0) is 11.8 Å². The lowest BCUT2D eigenvalue weighted by molar-refractivity contribution is 0.144. The van der Waals surface area contributed by atoms with Gasteiger partial charge in [0.15, 0.2) is 0 Å². The molecule has 1 amide bonds. The van der Waals surface area contributed by atoms with Crippen molar-refractivity contribution in [2.45, 2.75) is 33.2 Å². The maximum Gasteiger partial charge on any atom is 0.404 e. The van der Waals surface area contributed by atoms with E-state index in [4.69, 9.17) is 11.5 Å². The van der Waals surface area contributed by atoms with Crippen LogP contribution in [0.1, 0.15) is 27.2 Å². The molecule has 72 valence electrons. The number of primary amides is 1. The molecule has 0 heterocycles. The van der Waals surface area contributed by atoms with Gasteiger partial charge < -0.3 is 16.2 Å². The molecule has 4 heteroatoms. The SMILES string of the molecule is CC(C)(C)C(N)CCOC(N)=O. The number of hydrogen-bond acceptors (Lipinski definition) is 3. The first kappa shape index (κ1) is 11.2. The second-order valence-corrected chi connectivity index (χ2v) is 3.93. The van der Waals surface area contributed by atoms with Gasteiger partial charge in [0.05, 0.1) is 6.61 Å². The number of rotatable bonds is 3. The van der Waals surface area contributed by atoms with Crippen molar-refractivity contribution < 1.29 is 9.53 Å². The van der Waals surface area contributed by atoms with Crippen LogP contribution in [0.3, 0.4) is 0 Å². The number of carbonyl (C=O) groups is 1. The third kappa shape index (κ3) is 4.96. The van der Waals surface area contributed by atoms with Crippen molar-refractivity contribution in [3.63, 3.8) is 0 Å². The fraction of sp³-hybridized carbons (Fsp3) is 0.875. The Morgan fingerprint density at radius 3 is 2.33 bits per heavy atom. The Labute approximate surface area is 73.2 Å². The van der Waals surface area contributed by atoms with Crippen molar-refractivity contribution in [3.8, 4) is 0 Å². The minimum absolute atomic E-state index is 0.0249. The largest absolute Gasteiger partial charge is 0.450 e. The molecule has 0 aliphatic heterocycles. The van der Waals surface area contributed by atoms with Crippen molar-refractivity contribution in [1.29, 1.82) is 0 Å². The number of amides is 1. The number of ether oxygens (including phenoxy) is 1. The Morgan fingerprint density at radius 2 is 2.00 bits per heavy atom. The molecule has 0 fully saturated rings. The van der Waals surface area contributed by atoms with Crippen LogP contribution in [-0.4, -0.2) is 18.7 Å². The summed E-state index contributed by atoms with van der Waals surface area (Å²) in [5.74, 6) is 0. The lowest BCUT2D eigenvalue weighted by Gasteiger charge is -2.26. The van der Waals surface area contributed by atoms with Crippen molar-refractivity contribution >= 4 is 6.09 Å². The molecule has 0 aromatic rings. The van der Waals surface area contributed by atoms with Gasteiger partial charge in [-0.15, -0.1) is 0 Å². The van der Waals surface area contributed by atoms with E-state index in [0.717, 1.165) is 0 Å². The third-order valence-corrected chi connectivity index (χ3v) is 1.79. The molecule has 0 aliphatic carbocycles. The molecule has 1 unspecified atom stereocenters. The average Bonchev–Trinajstić information content (AvgIpc) is 1.84. The Hall–Kier alpha value is -0.770. The van der Waals surface area contributed by atoms with Gasteiger partial charge in [-0.1, -0.05) is 20.8 Å². The molecule has 0 bridgehead atoms.